The Balaban J connectivity index is 0.000000741. The van der Waals surface area contributed by atoms with Gasteiger partial charge in [0.05, 0.1) is 0 Å². The molecular formula is C16H30FNO. The summed E-state index contributed by atoms with van der Waals surface area (Å²) in [6.45, 7) is 8.00. The Kier molecular flexibility index (Phi) is 7.96. The second-order valence-corrected chi connectivity index (χ2v) is 4.95. The molecule has 1 spiro atoms. The van der Waals surface area contributed by atoms with Gasteiger partial charge in [0.2, 0.25) is 0 Å². The molecule has 0 aromatic rings. The highest BCUT2D eigenvalue weighted by molar-refractivity contribution is 5.85. The molecule has 1 atom stereocenters. The highest BCUT2D eigenvalue weighted by Crippen LogP contribution is 2.52. The van der Waals surface area contributed by atoms with Crippen LogP contribution in [0.25, 0.3) is 0 Å². The van der Waals surface area contributed by atoms with E-state index in [-0.39, 0.29) is 11.8 Å². The number of nitrogens with one attached hydrogen (secondary N) is 1. The van der Waals surface area contributed by atoms with Crippen LogP contribution in [0.3, 0.4) is 0 Å². The summed E-state index contributed by atoms with van der Waals surface area (Å²) in [6.07, 6.45) is 8.75. The van der Waals surface area contributed by atoms with Crippen molar-refractivity contribution in [3.8, 4) is 0 Å². The summed E-state index contributed by atoms with van der Waals surface area (Å²) in [7, 11) is 1.51. The summed E-state index contributed by atoms with van der Waals surface area (Å²) in [5, 5.41) is 2.44. The molecule has 0 aliphatic heterocycles. The van der Waals surface area contributed by atoms with Crippen LogP contribution in [-0.4, -0.2) is 18.6 Å². The molecule has 0 aromatic heterocycles. The van der Waals surface area contributed by atoms with Crippen LogP contribution >= 0.6 is 0 Å². The fourth-order valence-electron chi connectivity index (χ4n) is 2.80. The number of carbonyl (C=O) groups is 1. The molecule has 1 fully saturated rings. The van der Waals surface area contributed by atoms with Crippen LogP contribution < -0.4 is 5.32 Å². The first-order valence-electron chi connectivity index (χ1n) is 7.66. The van der Waals surface area contributed by atoms with Crippen molar-refractivity contribution in [2.45, 2.75) is 71.9 Å². The molecule has 19 heavy (non-hydrogen) atoms. The minimum Gasteiger partial charge on any atom is -0.356 e. The Morgan fingerprint density at radius 1 is 1.11 bits per heavy atom. The van der Waals surface area contributed by atoms with E-state index in [1.54, 1.807) is 0 Å². The molecule has 2 nitrogen and oxygen atoms in total. The number of alkyl halides is 1. The fourth-order valence-corrected chi connectivity index (χ4v) is 2.80. The largest absolute Gasteiger partial charge is 0.356 e. The molecule has 2 rings (SSSR count). The summed E-state index contributed by atoms with van der Waals surface area (Å²) in [6, 6.07) is 0. The zero-order valence-electron chi connectivity index (χ0n) is 13.2. The Labute approximate surface area is 117 Å². The van der Waals surface area contributed by atoms with Gasteiger partial charge in [-0.1, -0.05) is 46.3 Å². The molecule has 2 aliphatic carbocycles. The number of carbonyl (C=O) groups excluding carboxylic acids is 1. The predicted octanol–water partition coefficient (Wildman–Crippen LogP) is 4.40. The summed E-state index contributed by atoms with van der Waals surface area (Å²) in [5.74, 6) is -0.458. The van der Waals surface area contributed by atoms with E-state index in [1.165, 1.54) is 13.5 Å². The SMILES string of the molecule is CC.CC.CNC(=O)[C@@]1(F)CC=CCC2(CCC2)C1. The third-order valence-corrected chi connectivity index (χ3v) is 3.86. The van der Waals surface area contributed by atoms with Crippen molar-refractivity contribution in [2.75, 3.05) is 7.05 Å². The highest BCUT2D eigenvalue weighted by Gasteiger charge is 2.48. The van der Waals surface area contributed by atoms with Gasteiger partial charge in [0.15, 0.2) is 5.67 Å². The molecule has 2 aliphatic rings. The topological polar surface area (TPSA) is 29.1 Å². The van der Waals surface area contributed by atoms with E-state index in [0.29, 0.717) is 6.42 Å². The maximum Gasteiger partial charge on any atom is 0.257 e. The fraction of sp³-hybridized carbons (Fsp3) is 0.812. The number of rotatable bonds is 1. The number of hydrogen-bond donors (Lipinski definition) is 1. The molecule has 1 amide bonds. The lowest BCUT2D eigenvalue weighted by molar-refractivity contribution is -0.135. The molecule has 1 saturated carbocycles. The Morgan fingerprint density at radius 2 is 1.63 bits per heavy atom. The molecule has 1 N–H and O–H groups in total. The third-order valence-electron chi connectivity index (χ3n) is 3.86. The lowest BCUT2D eigenvalue weighted by atomic mass is 9.62. The number of halogens is 1. The average molecular weight is 271 g/mol. The van der Waals surface area contributed by atoms with E-state index in [9.17, 15) is 9.18 Å². The molecule has 112 valence electrons. The number of allylic oxidation sites excluding steroid dienone is 2. The summed E-state index contributed by atoms with van der Waals surface area (Å²) in [5.41, 5.74) is -1.60. The van der Waals surface area contributed by atoms with Crippen molar-refractivity contribution < 1.29 is 9.18 Å². The van der Waals surface area contributed by atoms with Gasteiger partial charge in [-0.15, -0.1) is 0 Å². The van der Waals surface area contributed by atoms with Crippen molar-refractivity contribution in [1.29, 1.82) is 0 Å². The lowest BCUT2D eigenvalue weighted by Gasteiger charge is -2.43. The summed E-state index contributed by atoms with van der Waals surface area (Å²) >= 11 is 0. The normalized spacial score (nSPS) is 26.8. The maximum atomic E-state index is 14.5. The Hall–Kier alpha value is -0.860. The first-order chi connectivity index (χ1) is 9.10. The molecule has 0 saturated heterocycles. The van der Waals surface area contributed by atoms with Gasteiger partial charge in [-0.3, -0.25) is 4.79 Å². The quantitative estimate of drug-likeness (QED) is 0.703. The van der Waals surface area contributed by atoms with Gasteiger partial charge < -0.3 is 5.32 Å². The van der Waals surface area contributed by atoms with Crippen molar-refractivity contribution in [3.05, 3.63) is 12.2 Å². The van der Waals surface area contributed by atoms with Gasteiger partial charge in [-0.05, 0) is 31.1 Å². The van der Waals surface area contributed by atoms with Crippen LogP contribution in [0, 0.1) is 5.41 Å². The molecule has 0 heterocycles. The molecule has 0 bridgehead atoms. The van der Waals surface area contributed by atoms with Gasteiger partial charge in [0, 0.05) is 13.5 Å². The average Bonchev–Trinajstić information content (AvgIpc) is 2.62. The summed E-state index contributed by atoms with van der Waals surface area (Å²) < 4.78 is 14.5. The van der Waals surface area contributed by atoms with Crippen LogP contribution in [0.2, 0.25) is 0 Å². The standard InChI is InChI=1S/C12H18FNO.2C2H6/c1-14-10(15)12(13)8-3-2-5-11(9-12)6-4-7-11;2*1-2/h2-3H,4-9H2,1H3,(H,14,15);2*1-2H3/t12-;;/m1../s1. The number of hydrogen-bond acceptors (Lipinski definition) is 1. The van der Waals surface area contributed by atoms with E-state index in [0.717, 1.165) is 19.3 Å². The van der Waals surface area contributed by atoms with E-state index < -0.39 is 11.6 Å². The van der Waals surface area contributed by atoms with E-state index in [1.807, 2.05) is 39.8 Å². The van der Waals surface area contributed by atoms with Gasteiger partial charge in [-0.2, -0.15) is 0 Å². The zero-order chi connectivity index (χ0) is 14.9. The third kappa shape index (κ3) is 4.32. The first-order valence-corrected chi connectivity index (χ1v) is 7.66. The molecule has 0 unspecified atom stereocenters. The van der Waals surface area contributed by atoms with Gasteiger partial charge >= 0.3 is 0 Å². The summed E-state index contributed by atoms with van der Waals surface area (Å²) in [4.78, 5) is 11.5. The second-order valence-electron chi connectivity index (χ2n) is 4.95. The highest BCUT2D eigenvalue weighted by atomic mass is 19.1. The predicted molar refractivity (Wildman–Crippen MR) is 79.9 cm³/mol. The number of amides is 1. The Bertz CT molecular complexity index is 297. The zero-order valence-corrected chi connectivity index (χ0v) is 13.2. The molecule has 3 heteroatoms. The van der Waals surface area contributed by atoms with Crippen molar-refractivity contribution >= 4 is 5.91 Å². The van der Waals surface area contributed by atoms with Gasteiger partial charge in [-0.25, -0.2) is 4.39 Å². The van der Waals surface area contributed by atoms with Crippen LogP contribution in [0.1, 0.15) is 66.2 Å². The minimum atomic E-state index is -1.68. The van der Waals surface area contributed by atoms with Gasteiger partial charge in [0.1, 0.15) is 0 Å². The van der Waals surface area contributed by atoms with Crippen LogP contribution in [0.15, 0.2) is 12.2 Å². The van der Waals surface area contributed by atoms with E-state index in [2.05, 4.69) is 5.32 Å². The van der Waals surface area contributed by atoms with Crippen molar-refractivity contribution in [2.24, 2.45) is 5.41 Å². The van der Waals surface area contributed by atoms with Crippen LogP contribution in [0.5, 0.6) is 0 Å². The second kappa shape index (κ2) is 8.34. The molecule has 0 radical (unpaired) electrons. The lowest BCUT2D eigenvalue weighted by Crippen LogP contribution is -2.46. The first kappa shape index (κ1) is 18.1. The van der Waals surface area contributed by atoms with Crippen LogP contribution in [-0.2, 0) is 4.79 Å². The smallest absolute Gasteiger partial charge is 0.257 e. The monoisotopic (exact) mass is 271 g/mol. The Morgan fingerprint density at radius 3 is 2.05 bits per heavy atom. The maximum absolute atomic E-state index is 14.5. The van der Waals surface area contributed by atoms with Crippen molar-refractivity contribution in [3.63, 3.8) is 0 Å². The minimum absolute atomic E-state index is 0.0776. The van der Waals surface area contributed by atoms with Gasteiger partial charge in [0.25, 0.3) is 5.91 Å². The van der Waals surface area contributed by atoms with Crippen LogP contribution in [0.4, 0.5) is 4.39 Å². The van der Waals surface area contributed by atoms with E-state index >= 15 is 0 Å². The molecule has 0 aromatic carbocycles. The van der Waals surface area contributed by atoms with Crippen molar-refractivity contribution in [1.82, 2.24) is 5.32 Å². The van der Waals surface area contributed by atoms with E-state index in [4.69, 9.17) is 0 Å². The molecular weight excluding hydrogens is 241 g/mol.